The molecule has 0 aliphatic carbocycles. The van der Waals surface area contributed by atoms with Crippen molar-refractivity contribution < 1.29 is 26.3 Å². The van der Waals surface area contributed by atoms with Crippen LogP contribution in [-0.2, 0) is 20.0 Å². The lowest BCUT2D eigenvalue weighted by Crippen LogP contribution is -2.17. The molecule has 0 saturated heterocycles. The van der Waals surface area contributed by atoms with Crippen LogP contribution in [-0.4, -0.2) is 23.9 Å². The fourth-order valence-corrected chi connectivity index (χ4v) is 7.26. The molecule has 0 bridgehead atoms. The maximum atomic E-state index is 13.1. The molecule has 36 heavy (non-hydrogen) atoms. The third kappa shape index (κ3) is 6.19. The van der Waals surface area contributed by atoms with Crippen molar-refractivity contribution in [3.63, 3.8) is 0 Å². The molecule has 2 N–H and O–H groups in total. The first-order valence-corrected chi connectivity index (χ1v) is 15.0. The fourth-order valence-electron chi connectivity index (χ4n) is 3.10. The van der Waals surface area contributed by atoms with Gasteiger partial charge < -0.3 is 9.47 Å². The number of methoxy groups -OCH3 is 1. The lowest BCUT2D eigenvalue weighted by atomic mass is 10.2. The summed E-state index contributed by atoms with van der Waals surface area (Å²) in [5.74, 6) is 1.43. The molecule has 0 atom stereocenters. The molecule has 3 aromatic carbocycles. The number of thiophene rings is 1. The highest BCUT2D eigenvalue weighted by molar-refractivity contribution is 9.11. The SMILES string of the molecule is COc1ccc(Oc2ccc(NS(=O)(=O)c3ccc(Br)s3)c(NS(=O)(=O)c3ccc(C)cc3)c2)cc1. The summed E-state index contributed by atoms with van der Waals surface area (Å²) >= 11 is 4.29. The Bertz CT molecular complexity index is 1580. The molecular weight excluding hydrogens is 588 g/mol. The van der Waals surface area contributed by atoms with Crippen molar-refractivity contribution in [2.45, 2.75) is 16.0 Å². The Morgan fingerprint density at radius 2 is 1.33 bits per heavy atom. The quantitative estimate of drug-likeness (QED) is 0.233. The second kappa shape index (κ2) is 10.5. The van der Waals surface area contributed by atoms with Crippen LogP contribution in [0.15, 0.2) is 91.8 Å². The van der Waals surface area contributed by atoms with E-state index in [4.69, 9.17) is 9.47 Å². The molecule has 0 unspecified atom stereocenters. The van der Waals surface area contributed by atoms with E-state index in [1.807, 2.05) is 6.92 Å². The zero-order valence-electron chi connectivity index (χ0n) is 19.1. The van der Waals surface area contributed by atoms with Crippen LogP contribution in [0.2, 0.25) is 0 Å². The molecule has 12 heteroatoms. The summed E-state index contributed by atoms with van der Waals surface area (Å²) in [5, 5.41) is 0. The van der Waals surface area contributed by atoms with Crippen molar-refractivity contribution in [1.29, 1.82) is 0 Å². The summed E-state index contributed by atoms with van der Waals surface area (Å²) in [5.41, 5.74) is 0.942. The maximum absolute atomic E-state index is 13.1. The molecule has 0 fully saturated rings. The van der Waals surface area contributed by atoms with Crippen LogP contribution in [0.1, 0.15) is 5.56 Å². The first kappa shape index (κ1) is 26.0. The van der Waals surface area contributed by atoms with Crippen LogP contribution < -0.4 is 18.9 Å². The zero-order valence-corrected chi connectivity index (χ0v) is 23.1. The van der Waals surface area contributed by atoms with Crippen LogP contribution in [0.5, 0.6) is 17.2 Å². The van der Waals surface area contributed by atoms with Gasteiger partial charge >= 0.3 is 0 Å². The van der Waals surface area contributed by atoms with E-state index < -0.39 is 20.0 Å². The van der Waals surface area contributed by atoms with E-state index >= 15 is 0 Å². The number of anilines is 2. The van der Waals surface area contributed by atoms with E-state index in [-0.39, 0.29) is 20.5 Å². The molecule has 0 saturated carbocycles. The van der Waals surface area contributed by atoms with Gasteiger partial charge in [0.1, 0.15) is 21.5 Å². The predicted octanol–water partition coefficient (Wildman–Crippen LogP) is 6.22. The Labute approximate surface area is 222 Å². The molecule has 1 heterocycles. The second-order valence-corrected chi connectivity index (χ2v) is 13.6. The molecule has 4 rings (SSSR count). The van der Waals surface area contributed by atoms with Gasteiger partial charge in [-0.2, -0.15) is 0 Å². The largest absolute Gasteiger partial charge is 0.497 e. The fraction of sp³-hybridized carbons (Fsp3) is 0.0833. The van der Waals surface area contributed by atoms with Gasteiger partial charge in [0.15, 0.2) is 0 Å². The lowest BCUT2D eigenvalue weighted by Gasteiger charge is -2.16. The van der Waals surface area contributed by atoms with E-state index in [1.54, 1.807) is 49.6 Å². The third-order valence-corrected chi connectivity index (χ3v) is 9.78. The molecule has 0 aliphatic heterocycles. The van der Waals surface area contributed by atoms with Gasteiger partial charge in [0.05, 0.1) is 27.2 Å². The number of ether oxygens (including phenoxy) is 2. The summed E-state index contributed by atoms with van der Waals surface area (Å²) in [6, 6.07) is 20.6. The average molecular weight is 610 g/mol. The number of sulfonamides is 2. The van der Waals surface area contributed by atoms with Crippen LogP contribution in [0.3, 0.4) is 0 Å². The number of hydrogen-bond acceptors (Lipinski definition) is 7. The van der Waals surface area contributed by atoms with E-state index in [0.29, 0.717) is 21.0 Å². The second-order valence-electron chi connectivity index (χ2n) is 7.57. The highest BCUT2D eigenvalue weighted by atomic mass is 79.9. The number of rotatable bonds is 9. The first-order chi connectivity index (χ1) is 17.1. The molecule has 4 aromatic rings. The Morgan fingerprint density at radius 1 is 0.722 bits per heavy atom. The van der Waals surface area contributed by atoms with Gasteiger partial charge in [-0.3, -0.25) is 9.44 Å². The monoisotopic (exact) mass is 608 g/mol. The number of halogens is 1. The standard InChI is InChI=1S/C24H21BrN2O6S3/c1-16-3-10-20(11-4-16)35(28,29)27-22-15-19(33-18-7-5-17(32-2)6-8-18)9-12-21(22)26-36(30,31)24-14-13-23(25)34-24/h3-15,26-27H,1-2H3. The lowest BCUT2D eigenvalue weighted by molar-refractivity contribution is 0.413. The van der Waals surface area contributed by atoms with Gasteiger partial charge in [-0.1, -0.05) is 17.7 Å². The molecule has 0 aliphatic rings. The van der Waals surface area contributed by atoms with Crippen molar-refractivity contribution >= 4 is 58.7 Å². The molecular formula is C24H21BrN2O6S3. The Hall–Kier alpha value is -3.06. The Morgan fingerprint density at radius 3 is 1.94 bits per heavy atom. The van der Waals surface area contributed by atoms with Gasteiger partial charge in [0.25, 0.3) is 20.0 Å². The minimum absolute atomic E-state index is 0.000725. The van der Waals surface area contributed by atoms with E-state index in [2.05, 4.69) is 25.4 Å². The summed E-state index contributed by atoms with van der Waals surface area (Å²) in [7, 11) is -6.45. The molecule has 1 aromatic heterocycles. The third-order valence-electron chi connectivity index (χ3n) is 4.92. The summed E-state index contributed by atoms with van der Waals surface area (Å²) < 4.78 is 68.7. The Balaban J connectivity index is 1.70. The summed E-state index contributed by atoms with van der Waals surface area (Å²) in [6.45, 7) is 1.85. The van der Waals surface area contributed by atoms with E-state index in [9.17, 15) is 16.8 Å². The number of aryl methyl sites for hydroxylation is 1. The highest BCUT2D eigenvalue weighted by Gasteiger charge is 2.22. The van der Waals surface area contributed by atoms with Gasteiger partial charge in [-0.25, -0.2) is 16.8 Å². The van der Waals surface area contributed by atoms with Crippen LogP contribution in [0.25, 0.3) is 0 Å². The van der Waals surface area contributed by atoms with Crippen molar-refractivity contribution in [3.8, 4) is 17.2 Å². The maximum Gasteiger partial charge on any atom is 0.271 e. The number of nitrogens with one attached hydrogen (secondary N) is 2. The topological polar surface area (TPSA) is 111 Å². The smallest absolute Gasteiger partial charge is 0.271 e. The van der Waals surface area contributed by atoms with Crippen molar-refractivity contribution in [2.24, 2.45) is 0 Å². The average Bonchev–Trinajstić information content (AvgIpc) is 3.29. The minimum atomic E-state index is -4.03. The van der Waals surface area contributed by atoms with Crippen LogP contribution in [0.4, 0.5) is 11.4 Å². The van der Waals surface area contributed by atoms with Gasteiger partial charge in [-0.15, -0.1) is 11.3 Å². The summed E-state index contributed by atoms with van der Waals surface area (Å²) in [4.78, 5) is 0.0329. The molecule has 188 valence electrons. The minimum Gasteiger partial charge on any atom is -0.497 e. The molecule has 8 nitrogen and oxygen atoms in total. The predicted molar refractivity (Wildman–Crippen MR) is 144 cm³/mol. The van der Waals surface area contributed by atoms with Crippen LogP contribution >= 0.6 is 27.3 Å². The van der Waals surface area contributed by atoms with E-state index in [0.717, 1.165) is 16.9 Å². The summed E-state index contributed by atoms with van der Waals surface area (Å²) in [6.07, 6.45) is 0. The van der Waals surface area contributed by atoms with Crippen molar-refractivity contribution in [1.82, 2.24) is 0 Å². The molecule has 0 radical (unpaired) electrons. The number of hydrogen-bond donors (Lipinski definition) is 2. The first-order valence-electron chi connectivity index (χ1n) is 10.4. The van der Waals surface area contributed by atoms with E-state index in [1.165, 1.54) is 36.4 Å². The zero-order chi connectivity index (χ0) is 25.9. The van der Waals surface area contributed by atoms with Gasteiger partial charge in [0, 0.05) is 6.07 Å². The molecule has 0 spiro atoms. The molecule has 0 amide bonds. The van der Waals surface area contributed by atoms with Gasteiger partial charge in [0.2, 0.25) is 0 Å². The highest BCUT2D eigenvalue weighted by Crippen LogP contribution is 2.35. The number of benzene rings is 3. The van der Waals surface area contributed by atoms with Gasteiger partial charge in [-0.05, 0) is 83.5 Å². The van der Waals surface area contributed by atoms with Crippen molar-refractivity contribution in [2.75, 3.05) is 16.6 Å². The van der Waals surface area contributed by atoms with Crippen LogP contribution in [0, 0.1) is 6.92 Å². The van der Waals surface area contributed by atoms with Crippen molar-refractivity contribution in [3.05, 3.63) is 88.2 Å². The normalized spacial score (nSPS) is 11.6. The Kier molecular flexibility index (Phi) is 7.59.